The Morgan fingerprint density at radius 2 is 2.11 bits per heavy atom. The molecule has 0 bridgehead atoms. The van der Waals surface area contributed by atoms with Crippen LogP contribution >= 0.6 is 0 Å². The number of amides is 1. The molecule has 0 aromatic carbocycles. The van der Waals surface area contributed by atoms with Gasteiger partial charge in [0.15, 0.2) is 0 Å². The Hall–Kier alpha value is -2.90. The molecule has 2 aromatic rings. The van der Waals surface area contributed by atoms with Crippen molar-refractivity contribution >= 4 is 11.9 Å². The van der Waals surface area contributed by atoms with Crippen molar-refractivity contribution < 1.29 is 9.53 Å². The van der Waals surface area contributed by atoms with Crippen molar-refractivity contribution in [2.24, 2.45) is 0 Å². The van der Waals surface area contributed by atoms with E-state index >= 15 is 0 Å². The lowest BCUT2D eigenvalue weighted by atomic mass is 10.1. The molecule has 8 heteroatoms. The van der Waals surface area contributed by atoms with Gasteiger partial charge in [0.05, 0.1) is 6.10 Å². The van der Waals surface area contributed by atoms with E-state index in [-0.39, 0.29) is 23.8 Å². The van der Waals surface area contributed by atoms with Crippen LogP contribution in [0, 0.1) is 0 Å². The Labute approximate surface area is 164 Å². The summed E-state index contributed by atoms with van der Waals surface area (Å²) in [5, 5.41) is 3.41. The topological polar surface area (TPSA) is 100 Å². The summed E-state index contributed by atoms with van der Waals surface area (Å²) in [6.45, 7) is 6.99. The van der Waals surface area contributed by atoms with Crippen LogP contribution in [0.25, 0.3) is 11.4 Å². The predicted octanol–water partition coefficient (Wildman–Crippen LogP) is 2.82. The van der Waals surface area contributed by atoms with Crippen LogP contribution in [-0.2, 0) is 11.2 Å². The second kappa shape index (κ2) is 8.86. The molecule has 1 saturated heterocycles. The number of aromatic amines is 1. The van der Waals surface area contributed by atoms with Gasteiger partial charge in [0.2, 0.25) is 0 Å². The Kier molecular flexibility index (Phi) is 6.28. The third-order valence-corrected chi connectivity index (χ3v) is 4.64. The zero-order valence-corrected chi connectivity index (χ0v) is 16.6. The zero-order valence-electron chi connectivity index (χ0n) is 16.6. The number of pyridine rings is 1. The van der Waals surface area contributed by atoms with E-state index < -0.39 is 0 Å². The fraction of sp³-hybridized carbons (Fsp3) is 0.500. The molecule has 8 nitrogen and oxygen atoms in total. The summed E-state index contributed by atoms with van der Waals surface area (Å²) < 4.78 is 5.25. The first kappa shape index (κ1) is 19.9. The van der Waals surface area contributed by atoms with Crippen molar-refractivity contribution in [3.05, 3.63) is 40.4 Å². The molecule has 28 heavy (non-hydrogen) atoms. The Morgan fingerprint density at radius 3 is 2.71 bits per heavy atom. The van der Waals surface area contributed by atoms with Crippen molar-refractivity contribution in [1.29, 1.82) is 0 Å². The molecule has 0 saturated carbocycles. The number of aromatic nitrogens is 3. The van der Waals surface area contributed by atoms with Crippen LogP contribution < -0.4 is 10.9 Å². The summed E-state index contributed by atoms with van der Waals surface area (Å²) in [5.74, 6) is 1.29. The molecule has 150 valence electrons. The number of ether oxygens (including phenoxy) is 1. The maximum absolute atomic E-state index is 12.0. The SMILES string of the molecule is CCc1cc(=O)[nH]c(-c2ccc(NC3CCN(C(=O)OC(C)C)CC3)nc2)n1. The number of rotatable bonds is 5. The molecule has 2 aromatic heterocycles. The highest BCUT2D eigenvalue weighted by Gasteiger charge is 2.24. The van der Waals surface area contributed by atoms with E-state index in [2.05, 4.69) is 20.3 Å². The van der Waals surface area contributed by atoms with E-state index in [4.69, 9.17) is 4.74 Å². The fourth-order valence-corrected chi connectivity index (χ4v) is 3.14. The van der Waals surface area contributed by atoms with E-state index in [1.54, 1.807) is 11.1 Å². The predicted molar refractivity (Wildman–Crippen MR) is 107 cm³/mol. The average Bonchev–Trinajstić information content (AvgIpc) is 2.68. The number of hydrogen-bond donors (Lipinski definition) is 2. The first-order valence-electron chi connectivity index (χ1n) is 9.73. The van der Waals surface area contributed by atoms with Gasteiger partial charge in [-0.1, -0.05) is 6.92 Å². The number of piperidine rings is 1. The number of anilines is 1. The van der Waals surface area contributed by atoms with Gasteiger partial charge in [-0.15, -0.1) is 0 Å². The molecule has 0 aliphatic carbocycles. The van der Waals surface area contributed by atoms with Gasteiger partial charge < -0.3 is 19.9 Å². The van der Waals surface area contributed by atoms with Gasteiger partial charge in [0.1, 0.15) is 11.6 Å². The fourth-order valence-electron chi connectivity index (χ4n) is 3.14. The molecule has 3 rings (SSSR count). The quantitative estimate of drug-likeness (QED) is 0.821. The van der Waals surface area contributed by atoms with Gasteiger partial charge in [0.25, 0.3) is 5.56 Å². The van der Waals surface area contributed by atoms with Gasteiger partial charge in [-0.05, 0) is 45.2 Å². The number of aryl methyl sites for hydroxylation is 1. The smallest absolute Gasteiger partial charge is 0.410 e. The van der Waals surface area contributed by atoms with E-state index in [0.29, 0.717) is 25.3 Å². The molecule has 0 spiro atoms. The minimum Gasteiger partial charge on any atom is -0.447 e. The van der Waals surface area contributed by atoms with Gasteiger partial charge in [-0.25, -0.2) is 14.8 Å². The molecule has 1 aliphatic rings. The molecule has 0 atom stereocenters. The monoisotopic (exact) mass is 385 g/mol. The molecular formula is C20H27N5O3. The van der Waals surface area contributed by atoms with Crippen molar-refractivity contribution in [1.82, 2.24) is 19.9 Å². The summed E-state index contributed by atoms with van der Waals surface area (Å²) in [5.41, 5.74) is 1.36. The molecule has 1 amide bonds. The Morgan fingerprint density at radius 1 is 1.36 bits per heavy atom. The molecule has 0 radical (unpaired) electrons. The Balaban J connectivity index is 1.58. The van der Waals surface area contributed by atoms with E-state index in [1.807, 2.05) is 32.9 Å². The van der Waals surface area contributed by atoms with Crippen LogP contribution in [0.1, 0.15) is 39.3 Å². The third-order valence-electron chi connectivity index (χ3n) is 4.64. The Bertz CT molecular complexity index is 855. The molecule has 0 unspecified atom stereocenters. The normalized spacial score (nSPS) is 14.9. The van der Waals surface area contributed by atoms with Crippen LogP contribution in [0.15, 0.2) is 29.2 Å². The largest absolute Gasteiger partial charge is 0.447 e. The van der Waals surface area contributed by atoms with Gasteiger partial charge in [-0.2, -0.15) is 0 Å². The molecule has 1 aliphatic heterocycles. The first-order chi connectivity index (χ1) is 13.4. The summed E-state index contributed by atoms with van der Waals surface area (Å²) in [4.78, 5) is 37.1. The van der Waals surface area contributed by atoms with Crippen molar-refractivity contribution in [2.45, 2.75) is 52.2 Å². The highest BCUT2D eigenvalue weighted by Crippen LogP contribution is 2.19. The molecule has 3 heterocycles. The summed E-state index contributed by atoms with van der Waals surface area (Å²) in [6.07, 6.45) is 3.73. The van der Waals surface area contributed by atoms with Crippen LogP contribution in [0.5, 0.6) is 0 Å². The van der Waals surface area contributed by atoms with Crippen LogP contribution in [0.3, 0.4) is 0 Å². The number of nitrogens with zero attached hydrogens (tertiary/aromatic N) is 3. The lowest BCUT2D eigenvalue weighted by Crippen LogP contribution is -2.43. The van der Waals surface area contributed by atoms with E-state index in [9.17, 15) is 9.59 Å². The lowest BCUT2D eigenvalue weighted by molar-refractivity contribution is 0.0701. The van der Waals surface area contributed by atoms with Gasteiger partial charge >= 0.3 is 6.09 Å². The number of hydrogen-bond acceptors (Lipinski definition) is 6. The number of nitrogens with one attached hydrogen (secondary N) is 2. The van der Waals surface area contributed by atoms with Crippen molar-refractivity contribution in [2.75, 3.05) is 18.4 Å². The maximum atomic E-state index is 12.0. The summed E-state index contributed by atoms with van der Waals surface area (Å²) in [7, 11) is 0. The lowest BCUT2D eigenvalue weighted by Gasteiger charge is -2.32. The van der Waals surface area contributed by atoms with Gasteiger partial charge in [0, 0.05) is 42.7 Å². The maximum Gasteiger partial charge on any atom is 0.410 e. The first-order valence-corrected chi connectivity index (χ1v) is 9.73. The zero-order chi connectivity index (χ0) is 20.1. The second-order valence-corrected chi connectivity index (χ2v) is 7.21. The standard InChI is InChI=1S/C20H27N5O3/c1-4-15-11-18(26)24-19(23-15)14-5-6-17(21-12-14)22-16-7-9-25(10-8-16)20(27)28-13(2)3/h5-6,11-13,16H,4,7-10H2,1-3H3,(H,21,22)(H,23,24,26). The van der Waals surface area contributed by atoms with Crippen LogP contribution in [0.2, 0.25) is 0 Å². The van der Waals surface area contributed by atoms with Crippen LogP contribution in [-0.4, -0.2) is 51.2 Å². The minimum absolute atomic E-state index is 0.103. The number of H-pyrrole nitrogens is 1. The van der Waals surface area contributed by atoms with E-state index in [1.165, 1.54) is 6.07 Å². The molecule has 1 fully saturated rings. The number of carbonyl (C=O) groups is 1. The average molecular weight is 385 g/mol. The van der Waals surface area contributed by atoms with Crippen LogP contribution in [0.4, 0.5) is 10.6 Å². The minimum atomic E-state index is -0.244. The van der Waals surface area contributed by atoms with Crippen molar-refractivity contribution in [3.63, 3.8) is 0 Å². The summed E-state index contributed by atoms with van der Waals surface area (Å²) >= 11 is 0. The van der Waals surface area contributed by atoms with Crippen molar-refractivity contribution in [3.8, 4) is 11.4 Å². The second-order valence-electron chi connectivity index (χ2n) is 7.21. The number of likely N-dealkylation sites (tertiary alicyclic amines) is 1. The highest BCUT2D eigenvalue weighted by molar-refractivity contribution is 5.68. The van der Waals surface area contributed by atoms with Gasteiger partial charge in [-0.3, -0.25) is 4.79 Å². The number of carbonyl (C=O) groups excluding carboxylic acids is 1. The summed E-state index contributed by atoms with van der Waals surface area (Å²) in [6, 6.07) is 5.54. The van der Waals surface area contributed by atoms with E-state index in [0.717, 1.165) is 29.9 Å². The highest BCUT2D eigenvalue weighted by atomic mass is 16.6. The molecular weight excluding hydrogens is 358 g/mol. The molecule has 2 N–H and O–H groups in total. The third kappa shape index (κ3) is 5.09.